The minimum absolute atomic E-state index is 0.0875. The summed E-state index contributed by atoms with van der Waals surface area (Å²) in [4.78, 5) is 29.5. The van der Waals surface area contributed by atoms with Gasteiger partial charge in [-0.3, -0.25) is 4.79 Å². The molecule has 1 aromatic heterocycles. The molecule has 0 aromatic carbocycles. The van der Waals surface area contributed by atoms with Gasteiger partial charge < -0.3 is 20.8 Å². The first-order valence-electron chi connectivity index (χ1n) is 6.07. The van der Waals surface area contributed by atoms with E-state index < -0.39 is 12.1 Å². The Bertz CT molecular complexity index is 377. The molecule has 18 heavy (non-hydrogen) atoms. The van der Waals surface area contributed by atoms with Gasteiger partial charge in [-0.1, -0.05) is 20.3 Å². The molecule has 3 atom stereocenters. The monoisotopic (exact) mass is 252 g/mol. The number of nitrogens with zero attached hydrogens (tertiary/aromatic N) is 1. The lowest BCUT2D eigenvalue weighted by atomic mass is 9.99. The van der Waals surface area contributed by atoms with E-state index >= 15 is 0 Å². The number of carbonyl (C=O) groups is 2. The minimum Gasteiger partial charge on any atom is -0.348 e. The number of aromatic amines is 1. The Morgan fingerprint density at radius 1 is 1.67 bits per heavy atom. The molecule has 1 heterocycles. The maximum Gasteiger partial charge on any atom is 0.237 e. The van der Waals surface area contributed by atoms with Crippen molar-refractivity contribution in [3.63, 3.8) is 0 Å². The number of carbonyl (C=O) groups excluding carboxylic acids is 2. The van der Waals surface area contributed by atoms with Gasteiger partial charge in [-0.25, -0.2) is 4.98 Å². The average Bonchev–Trinajstić information content (AvgIpc) is 2.88. The molecule has 6 heteroatoms. The van der Waals surface area contributed by atoms with Crippen LogP contribution in [0, 0.1) is 5.92 Å². The van der Waals surface area contributed by atoms with Gasteiger partial charge in [0.2, 0.25) is 5.91 Å². The standard InChI is InChI=1S/C12H20N4O2/c1-3-8(2)11(13)12(18)16-10(6-17)4-9-5-14-7-15-9/h5-8,10-11H,3-4,13H2,1-2H3,(H,14,15)(H,16,18)/t8-,10-,11-/m0/s1. The topological polar surface area (TPSA) is 101 Å². The van der Waals surface area contributed by atoms with Crippen LogP contribution in [0.5, 0.6) is 0 Å². The van der Waals surface area contributed by atoms with Crippen molar-refractivity contribution in [1.82, 2.24) is 15.3 Å². The van der Waals surface area contributed by atoms with E-state index in [-0.39, 0.29) is 11.8 Å². The number of rotatable bonds is 7. The molecule has 0 aliphatic rings. The highest BCUT2D eigenvalue weighted by atomic mass is 16.2. The maximum absolute atomic E-state index is 11.8. The second-order valence-electron chi connectivity index (χ2n) is 4.44. The lowest BCUT2D eigenvalue weighted by Crippen LogP contribution is -2.49. The summed E-state index contributed by atoms with van der Waals surface area (Å²) in [5.74, 6) is -0.203. The first kappa shape index (κ1) is 14.4. The minimum atomic E-state index is -0.584. The first-order valence-corrected chi connectivity index (χ1v) is 6.07. The SMILES string of the molecule is CC[C@H](C)[C@H](N)C(=O)N[C@H](C=O)Cc1cnc[nH]1. The third-order valence-corrected chi connectivity index (χ3v) is 3.05. The molecule has 0 spiro atoms. The number of nitrogens with two attached hydrogens (primary N) is 1. The van der Waals surface area contributed by atoms with Crippen LogP contribution >= 0.6 is 0 Å². The molecule has 1 aromatic rings. The molecule has 4 N–H and O–H groups in total. The van der Waals surface area contributed by atoms with Crippen molar-refractivity contribution in [2.45, 2.75) is 38.8 Å². The highest BCUT2D eigenvalue weighted by Gasteiger charge is 2.22. The molecule has 100 valence electrons. The van der Waals surface area contributed by atoms with Crippen molar-refractivity contribution in [3.05, 3.63) is 18.2 Å². The fourth-order valence-electron chi connectivity index (χ4n) is 1.56. The molecule has 0 radical (unpaired) electrons. The predicted octanol–water partition coefficient (Wildman–Crippen LogP) is 0.00930. The summed E-state index contributed by atoms with van der Waals surface area (Å²) in [6.07, 6.45) is 5.08. The van der Waals surface area contributed by atoms with Crippen LogP contribution in [0.4, 0.5) is 0 Å². The quantitative estimate of drug-likeness (QED) is 0.595. The first-order chi connectivity index (χ1) is 8.58. The largest absolute Gasteiger partial charge is 0.348 e. The lowest BCUT2D eigenvalue weighted by molar-refractivity contribution is -0.126. The highest BCUT2D eigenvalue weighted by Crippen LogP contribution is 2.06. The summed E-state index contributed by atoms with van der Waals surface area (Å²) in [7, 11) is 0. The van der Waals surface area contributed by atoms with Crippen molar-refractivity contribution in [1.29, 1.82) is 0 Å². The summed E-state index contributed by atoms with van der Waals surface area (Å²) in [5.41, 5.74) is 6.60. The Labute approximate surface area is 106 Å². The average molecular weight is 252 g/mol. The number of aldehydes is 1. The van der Waals surface area contributed by atoms with E-state index in [2.05, 4.69) is 15.3 Å². The van der Waals surface area contributed by atoms with Gasteiger partial charge in [0.05, 0.1) is 18.4 Å². The Balaban J connectivity index is 2.52. The lowest BCUT2D eigenvalue weighted by Gasteiger charge is -2.20. The Hall–Kier alpha value is -1.69. The predicted molar refractivity (Wildman–Crippen MR) is 67.7 cm³/mol. The Morgan fingerprint density at radius 3 is 2.89 bits per heavy atom. The van der Waals surface area contributed by atoms with Crippen LogP contribution in [0.1, 0.15) is 26.0 Å². The summed E-state index contributed by atoms with van der Waals surface area (Å²) >= 11 is 0. The molecule has 0 bridgehead atoms. The molecule has 1 amide bonds. The smallest absolute Gasteiger partial charge is 0.237 e. The second-order valence-corrected chi connectivity index (χ2v) is 4.44. The molecule has 0 aliphatic carbocycles. The van der Waals surface area contributed by atoms with Crippen LogP contribution in [-0.4, -0.2) is 34.2 Å². The fourth-order valence-corrected chi connectivity index (χ4v) is 1.56. The second kappa shape index (κ2) is 6.90. The van der Waals surface area contributed by atoms with Gasteiger partial charge in [-0.2, -0.15) is 0 Å². The van der Waals surface area contributed by atoms with Crippen molar-refractivity contribution in [2.75, 3.05) is 0 Å². The summed E-state index contributed by atoms with van der Waals surface area (Å²) in [6, 6.07) is -1.16. The number of amides is 1. The van der Waals surface area contributed by atoms with Crippen LogP contribution in [0.15, 0.2) is 12.5 Å². The molecule has 6 nitrogen and oxygen atoms in total. The maximum atomic E-state index is 11.8. The molecule has 0 fully saturated rings. The Kier molecular flexibility index (Phi) is 5.51. The molecule has 0 saturated heterocycles. The summed E-state index contributed by atoms with van der Waals surface area (Å²) in [5, 5.41) is 2.64. The third-order valence-electron chi connectivity index (χ3n) is 3.05. The third kappa shape index (κ3) is 3.96. The fraction of sp³-hybridized carbons (Fsp3) is 0.583. The zero-order valence-electron chi connectivity index (χ0n) is 10.7. The van der Waals surface area contributed by atoms with Crippen molar-refractivity contribution >= 4 is 12.2 Å². The van der Waals surface area contributed by atoms with Crippen LogP contribution in [0.25, 0.3) is 0 Å². The van der Waals surface area contributed by atoms with Crippen LogP contribution in [-0.2, 0) is 16.0 Å². The molecular formula is C12H20N4O2. The zero-order valence-corrected chi connectivity index (χ0v) is 10.7. The van der Waals surface area contributed by atoms with Crippen molar-refractivity contribution in [3.8, 4) is 0 Å². The molecule has 1 rings (SSSR count). The van der Waals surface area contributed by atoms with E-state index in [9.17, 15) is 9.59 Å². The van der Waals surface area contributed by atoms with Gasteiger partial charge in [0.15, 0.2) is 0 Å². The number of H-pyrrole nitrogens is 1. The number of hydrogen-bond acceptors (Lipinski definition) is 4. The van der Waals surface area contributed by atoms with Crippen molar-refractivity contribution < 1.29 is 9.59 Å². The zero-order chi connectivity index (χ0) is 13.5. The number of nitrogens with one attached hydrogen (secondary N) is 2. The van der Waals surface area contributed by atoms with Gasteiger partial charge in [0, 0.05) is 18.3 Å². The molecule has 0 aliphatic heterocycles. The molecule has 0 saturated carbocycles. The van der Waals surface area contributed by atoms with Crippen molar-refractivity contribution in [2.24, 2.45) is 11.7 Å². The van der Waals surface area contributed by atoms with E-state index in [1.165, 1.54) is 6.33 Å². The number of hydrogen-bond donors (Lipinski definition) is 3. The Morgan fingerprint density at radius 2 is 2.39 bits per heavy atom. The van der Waals surface area contributed by atoms with Gasteiger partial charge in [-0.15, -0.1) is 0 Å². The van der Waals surface area contributed by atoms with Gasteiger partial charge >= 0.3 is 0 Å². The van der Waals surface area contributed by atoms with E-state index in [1.54, 1.807) is 6.20 Å². The van der Waals surface area contributed by atoms with Crippen LogP contribution in [0.3, 0.4) is 0 Å². The molecular weight excluding hydrogens is 232 g/mol. The van der Waals surface area contributed by atoms with Crippen LogP contribution in [0.2, 0.25) is 0 Å². The van der Waals surface area contributed by atoms with E-state index in [1.807, 2.05) is 13.8 Å². The van der Waals surface area contributed by atoms with Gasteiger partial charge in [0.1, 0.15) is 6.29 Å². The number of imidazole rings is 1. The van der Waals surface area contributed by atoms with Gasteiger partial charge in [-0.05, 0) is 5.92 Å². The number of aromatic nitrogens is 2. The van der Waals surface area contributed by atoms with E-state index in [0.717, 1.165) is 12.1 Å². The summed E-state index contributed by atoms with van der Waals surface area (Å²) < 4.78 is 0. The highest BCUT2D eigenvalue weighted by molar-refractivity contribution is 5.84. The van der Waals surface area contributed by atoms with Gasteiger partial charge in [0.25, 0.3) is 0 Å². The van der Waals surface area contributed by atoms with E-state index in [0.29, 0.717) is 12.7 Å². The molecule has 0 unspecified atom stereocenters. The normalized spacial score (nSPS) is 15.7. The van der Waals surface area contributed by atoms with Crippen LogP contribution < -0.4 is 11.1 Å². The van der Waals surface area contributed by atoms with E-state index in [4.69, 9.17) is 5.73 Å². The summed E-state index contributed by atoms with van der Waals surface area (Å²) in [6.45, 7) is 3.88.